The molecule has 2 rings (SSSR count). The highest BCUT2D eigenvalue weighted by Gasteiger charge is 2.12. The van der Waals surface area contributed by atoms with Crippen molar-refractivity contribution in [1.29, 1.82) is 0 Å². The van der Waals surface area contributed by atoms with Gasteiger partial charge in [0.05, 0.1) is 10.8 Å². The molecule has 0 aliphatic carbocycles. The number of benzene rings is 2. The summed E-state index contributed by atoms with van der Waals surface area (Å²) >= 11 is 5.81. The molecule has 0 aliphatic heterocycles. The zero-order valence-electron chi connectivity index (χ0n) is 10.3. The van der Waals surface area contributed by atoms with E-state index >= 15 is 0 Å². The van der Waals surface area contributed by atoms with Gasteiger partial charge in [-0.25, -0.2) is 0 Å². The third-order valence-corrected chi connectivity index (χ3v) is 3.00. The van der Waals surface area contributed by atoms with Crippen LogP contribution in [0.5, 0.6) is 11.5 Å². The van der Waals surface area contributed by atoms with Crippen LogP contribution in [0, 0.1) is 17.0 Å². The summed E-state index contributed by atoms with van der Waals surface area (Å²) in [5.41, 5.74) is 1.59. The van der Waals surface area contributed by atoms with Crippen LogP contribution in [0.2, 0.25) is 0 Å². The summed E-state index contributed by atoms with van der Waals surface area (Å²) in [6.07, 6.45) is 0. The number of hydrogen-bond donors (Lipinski definition) is 0. The highest BCUT2D eigenvalue weighted by atomic mass is 35.5. The van der Waals surface area contributed by atoms with Gasteiger partial charge in [0.15, 0.2) is 0 Å². The molecule has 4 nitrogen and oxygen atoms in total. The molecule has 0 spiro atoms. The molecule has 0 saturated heterocycles. The van der Waals surface area contributed by atoms with E-state index in [0.717, 1.165) is 5.56 Å². The molecule has 2 aromatic rings. The molecule has 2 aromatic carbocycles. The molecule has 0 bridgehead atoms. The first-order valence-electron chi connectivity index (χ1n) is 5.68. The van der Waals surface area contributed by atoms with Crippen LogP contribution in [0.3, 0.4) is 0 Å². The first kappa shape index (κ1) is 13.4. The second kappa shape index (κ2) is 5.71. The van der Waals surface area contributed by atoms with Crippen molar-refractivity contribution in [2.24, 2.45) is 0 Å². The Labute approximate surface area is 115 Å². The largest absolute Gasteiger partial charge is 0.457 e. The molecular formula is C14H12ClNO3. The molecule has 0 saturated carbocycles. The molecule has 98 valence electrons. The number of hydrogen-bond acceptors (Lipinski definition) is 3. The minimum atomic E-state index is -0.451. The number of rotatable bonds is 4. The normalized spacial score (nSPS) is 10.2. The topological polar surface area (TPSA) is 52.4 Å². The number of non-ortho nitro benzene ring substituents is 1. The SMILES string of the molecule is Cc1ccccc1Oc1ccc([N+](=O)[O-])cc1CCl. The Morgan fingerprint density at radius 2 is 1.95 bits per heavy atom. The maximum Gasteiger partial charge on any atom is 0.270 e. The predicted octanol–water partition coefficient (Wildman–Crippen LogP) is 4.43. The Balaban J connectivity index is 2.35. The van der Waals surface area contributed by atoms with Gasteiger partial charge < -0.3 is 4.74 Å². The van der Waals surface area contributed by atoms with Crippen molar-refractivity contribution in [3.05, 3.63) is 63.7 Å². The maximum atomic E-state index is 10.7. The van der Waals surface area contributed by atoms with Crippen molar-refractivity contribution >= 4 is 17.3 Å². The summed E-state index contributed by atoms with van der Waals surface area (Å²) in [6.45, 7) is 1.93. The number of nitro groups is 1. The number of nitro benzene ring substituents is 1. The van der Waals surface area contributed by atoms with Crippen LogP contribution >= 0.6 is 11.6 Å². The van der Waals surface area contributed by atoms with Gasteiger partial charge in [-0.15, -0.1) is 11.6 Å². The van der Waals surface area contributed by atoms with E-state index in [0.29, 0.717) is 17.1 Å². The van der Waals surface area contributed by atoms with Crippen molar-refractivity contribution in [1.82, 2.24) is 0 Å². The van der Waals surface area contributed by atoms with Gasteiger partial charge in [-0.2, -0.15) is 0 Å². The van der Waals surface area contributed by atoms with Crippen LogP contribution in [0.1, 0.15) is 11.1 Å². The summed E-state index contributed by atoms with van der Waals surface area (Å²) in [5.74, 6) is 1.40. The zero-order chi connectivity index (χ0) is 13.8. The van der Waals surface area contributed by atoms with E-state index in [-0.39, 0.29) is 11.6 Å². The fourth-order valence-corrected chi connectivity index (χ4v) is 1.88. The minimum Gasteiger partial charge on any atom is -0.457 e. The lowest BCUT2D eigenvalue weighted by Crippen LogP contribution is -1.94. The van der Waals surface area contributed by atoms with Crippen molar-refractivity contribution in [3.8, 4) is 11.5 Å². The van der Waals surface area contributed by atoms with Crippen molar-refractivity contribution < 1.29 is 9.66 Å². The molecular weight excluding hydrogens is 266 g/mol. The summed E-state index contributed by atoms with van der Waals surface area (Å²) in [4.78, 5) is 10.3. The highest BCUT2D eigenvalue weighted by molar-refractivity contribution is 6.17. The van der Waals surface area contributed by atoms with Gasteiger partial charge in [0, 0.05) is 17.7 Å². The van der Waals surface area contributed by atoms with E-state index in [1.165, 1.54) is 12.1 Å². The van der Waals surface area contributed by atoms with E-state index in [4.69, 9.17) is 16.3 Å². The molecule has 0 radical (unpaired) electrons. The fraction of sp³-hybridized carbons (Fsp3) is 0.143. The summed E-state index contributed by atoms with van der Waals surface area (Å²) in [7, 11) is 0. The van der Waals surface area contributed by atoms with Gasteiger partial charge in [-0.05, 0) is 24.6 Å². The lowest BCUT2D eigenvalue weighted by atomic mass is 10.2. The number of alkyl halides is 1. The Bertz CT molecular complexity index is 613. The third-order valence-electron chi connectivity index (χ3n) is 2.71. The standard InChI is InChI=1S/C14H12ClNO3/c1-10-4-2-3-5-13(10)19-14-7-6-12(16(17)18)8-11(14)9-15/h2-8H,9H2,1H3. The average molecular weight is 278 g/mol. The molecule has 0 N–H and O–H groups in total. The quantitative estimate of drug-likeness (QED) is 0.472. The average Bonchev–Trinajstić information content (AvgIpc) is 2.41. The van der Waals surface area contributed by atoms with Crippen LogP contribution < -0.4 is 4.74 Å². The van der Waals surface area contributed by atoms with Crippen LogP contribution in [-0.2, 0) is 5.88 Å². The fourth-order valence-electron chi connectivity index (χ4n) is 1.67. The van der Waals surface area contributed by atoms with E-state index in [2.05, 4.69) is 0 Å². The number of ether oxygens (including phenoxy) is 1. The van der Waals surface area contributed by atoms with Gasteiger partial charge in [-0.3, -0.25) is 10.1 Å². The molecule has 0 heterocycles. The van der Waals surface area contributed by atoms with Crippen LogP contribution in [0.15, 0.2) is 42.5 Å². The van der Waals surface area contributed by atoms with Crippen molar-refractivity contribution in [2.45, 2.75) is 12.8 Å². The minimum absolute atomic E-state index is 0.00721. The Morgan fingerprint density at radius 3 is 2.58 bits per heavy atom. The third kappa shape index (κ3) is 3.03. The van der Waals surface area contributed by atoms with E-state index in [1.54, 1.807) is 6.07 Å². The first-order valence-corrected chi connectivity index (χ1v) is 6.22. The van der Waals surface area contributed by atoms with Crippen molar-refractivity contribution in [2.75, 3.05) is 0 Å². The Hall–Kier alpha value is -2.07. The van der Waals surface area contributed by atoms with Crippen LogP contribution in [0.4, 0.5) is 5.69 Å². The molecule has 0 aromatic heterocycles. The molecule has 0 unspecified atom stereocenters. The van der Waals surface area contributed by atoms with Gasteiger partial charge in [0.1, 0.15) is 11.5 Å². The molecule has 0 amide bonds. The Kier molecular flexibility index (Phi) is 4.02. The predicted molar refractivity (Wildman–Crippen MR) is 73.9 cm³/mol. The number of nitrogens with zero attached hydrogens (tertiary/aromatic N) is 1. The van der Waals surface area contributed by atoms with Gasteiger partial charge in [-0.1, -0.05) is 18.2 Å². The smallest absolute Gasteiger partial charge is 0.270 e. The summed E-state index contributed by atoms with van der Waals surface area (Å²) in [6, 6.07) is 12.0. The summed E-state index contributed by atoms with van der Waals surface area (Å²) < 4.78 is 5.76. The lowest BCUT2D eigenvalue weighted by molar-refractivity contribution is -0.384. The van der Waals surface area contributed by atoms with Gasteiger partial charge in [0.25, 0.3) is 5.69 Å². The summed E-state index contributed by atoms with van der Waals surface area (Å²) in [5, 5.41) is 10.7. The number of halogens is 1. The first-order chi connectivity index (χ1) is 9.11. The second-order valence-corrected chi connectivity index (χ2v) is 4.32. The van der Waals surface area contributed by atoms with Crippen molar-refractivity contribution in [3.63, 3.8) is 0 Å². The molecule has 5 heteroatoms. The molecule has 0 fully saturated rings. The molecule has 0 aliphatic rings. The highest BCUT2D eigenvalue weighted by Crippen LogP contribution is 2.31. The monoisotopic (exact) mass is 277 g/mol. The van der Waals surface area contributed by atoms with Crippen LogP contribution in [-0.4, -0.2) is 4.92 Å². The van der Waals surface area contributed by atoms with Crippen LogP contribution in [0.25, 0.3) is 0 Å². The molecule has 0 atom stereocenters. The van der Waals surface area contributed by atoms with Gasteiger partial charge >= 0.3 is 0 Å². The zero-order valence-corrected chi connectivity index (χ0v) is 11.1. The van der Waals surface area contributed by atoms with E-state index < -0.39 is 4.92 Å². The maximum absolute atomic E-state index is 10.7. The van der Waals surface area contributed by atoms with Gasteiger partial charge in [0.2, 0.25) is 0 Å². The molecule has 19 heavy (non-hydrogen) atoms. The second-order valence-electron chi connectivity index (χ2n) is 4.05. The van der Waals surface area contributed by atoms with E-state index in [9.17, 15) is 10.1 Å². The number of para-hydroxylation sites is 1. The Morgan fingerprint density at radius 1 is 1.21 bits per heavy atom. The number of aryl methyl sites for hydroxylation is 1. The lowest BCUT2D eigenvalue weighted by Gasteiger charge is -2.11. The van der Waals surface area contributed by atoms with E-state index in [1.807, 2.05) is 31.2 Å².